The molecule has 0 unspecified atom stereocenters. The van der Waals surface area contributed by atoms with E-state index in [0.717, 1.165) is 19.5 Å². The van der Waals surface area contributed by atoms with Crippen LogP contribution in [0.2, 0.25) is 0 Å². The molecule has 0 radical (unpaired) electrons. The van der Waals surface area contributed by atoms with Crippen LogP contribution in [0.15, 0.2) is 42.5 Å². The summed E-state index contributed by atoms with van der Waals surface area (Å²) in [4.78, 5) is 13.1. The fourth-order valence-electron chi connectivity index (χ4n) is 2.62. The monoisotopic (exact) mass is 255 g/mol. The van der Waals surface area contributed by atoms with E-state index in [1.807, 2.05) is 12.1 Å². The molecule has 2 aromatic carbocycles. The van der Waals surface area contributed by atoms with Gasteiger partial charge in [0.25, 0.3) is 0 Å². The van der Waals surface area contributed by atoms with Crippen LogP contribution < -0.4 is 4.90 Å². The molecule has 1 heterocycles. The molecule has 0 aromatic heterocycles. The van der Waals surface area contributed by atoms with Gasteiger partial charge in [0.2, 0.25) is 0 Å². The second kappa shape index (κ2) is 4.84. The van der Waals surface area contributed by atoms with Gasteiger partial charge in [-0.3, -0.25) is 4.79 Å². The zero-order chi connectivity index (χ0) is 13.2. The Hall–Kier alpha value is -2.16. The van der Waals surface area contributed by atoms with Crippen LogP contribution in [0.5, 0.6) is 0 Å². The van der Waals surface area contributed by atoms with Crippen LogP contribution in [0.4, 0.5) is 10.1 Å². The molecule has 0 fully saturated rings. The third-order valence-corrected chi connectivity index (χ3v) is 3.62. The lowest BCUT2D eigenvalue weighted by Crippen LogP contribution is -2.31. The number of benzene rings is 2. The van der Waals surface area contributed by atoms with Crippen molar-refractivity contribution in [3.05, 3.63) is 65.0 Å². The number of carbonyl (C=O) groups excluding carboxylic acids is 1. The first-order valence-corrected chi connectivity index (χ1v) is 6.35. The third-order valence-electron chi connectivity index (χ3n) is 3.62. The van der Waals surface area contributed by atoms with E-state index < -0.39 is 5.82 Å². The minimum absolute atomic E-state index is 0.155. The summed E-state index contributed by atoms with van der Waals surface area (Å²) in [6.45, 7) is 1.53. The zero-order valence-corrected chi connectivity index (χ0v) is 10.5. The van der Waals surface area contributed by atoms with E-state index in [-0.39, 0.29) is 5.56 Å². The SMILES string of the molecule is O=Cc1c(F)cccc1N1CCc2ccccc2C1. The molecular formula is C16H14FNO. The molecule has 1 aliphatic rings. The van der Waals surface area contributed by atoms with Crippen molar-refractivity contribution in [2.24, 2.45) is 0 Å². The molecule has 1 aliphatic heterocycles. The number of halogens is 1. The van der Waals surface area contributed by atoms with Gasteiger partial charge in [0.15, 0.2) is 6.29 Å². The van der Waals surface area contributed by atoms with Crippen LogP contribution in [0, 0.1) is 5.82 Å². The second-order valence-electron chi connectivity index (χ2n) is 4.73. The van der Waals surface area contributed by atoms with Crippen molar-refractivity contribution in [2.45, 2.75) is 13.0 Å². The first-order chi connectivity index (χ1) is 9.29. The first kappa shape index (κ1) is 11.9. The van der Waals surface area contributed by atoms with Crippen molar-refractivity contribution < 1.29 is 9.18 Å². The van der Waals surface area contributed by atoms with Gasteiger partial charge in [0.05, 0.1) is 11.3 Å². The maximum absolute atomic E-state index is 13.6. The standard InChI is InChI=1S/C16H14FNO/c17-15-6-3-7-16(14(15)11-19)18-9-8-12-4-1-2-5-13(12)10-18/h1-7,11H,8-10H2. The highest BCUT2D eigenvalue weighted by atomic mass is 19.1. The van der Waals surface area contributed by atoms with Crippen LogP contribution in [-0.4, -0.2) is 12.8 Å². The predicted octanol–water partition coefficient (Wildman–Crippen LogP) is 3.20. The number of hydrogen-bond donors (Lipinski definition) is 0. The van der Waals surface area contributed by atoms with Gasteiger partial charge < -0.3 is 4.90 Å². The zero-order valence-electron chi connectivity index (χ0n) is 10.5. The molecule has 0 saturated heterocycles. The van der Waals surface area contributed by atoms with Gasteiger partial charge in [0.1, 0.15) is 5.82 Å². The maximum atomic E-state index is 13.6. The molecule has 0 N–H and O–H groups in total. The van der Waals surface area contributed by atoms with Crippen LogP contribution in [0.3, 0.4) is 0 Å². The number of hydrogen-bond acceptors (Lipinski definition) is 2. The fraction of sp³-hybridized carbons (Fsp3) is 0.188. The summed E-state index contributed by atoms with van der Waals surface area (Å²) in [6, 6.07) is 13.0. The summed E-state index contributed by atoms with van der Waals surface area (Å²) in [5.74, 6) is -0.452. The number of nitrogens with zero attached hydrogens (tertiary/aromatic N) is 1. The Morgan fingerprint density at radius 1 is 1.05 bits per heavy atom. The summed E-state index contributed by atoms with van der Waals surface area (Å²) in [7, 11) is 0. The minimum atomic E-state index is -0.452. The summed E-state index contributed by atoms with van der Waals surface area (Å²) in [5.41, 5.74) is 3.42. The number of anilines is 1. The molecule has 0 bridgehead atoms. The average Bonchev–Trinajstić information content (AvgIpc) is 2.46. The van der Waals surface area contributed by atoms with E-state index in [1.54, 1.807) is 12.1 Å². The molecule has 0 aliphatic carbocycles. The number of fused-ring (bicyclic) bond motifs is 1. The Bertz CT molecular complexity index is 624. The molecule has 0 saturated carbocycles. The van der Waals surface area contributed by atoms with Gasteiger partial charge in [-0.15, -0.1) is 0 Å². The lowest BCUT2D eigenvalue weighted by atomic mass is 9.99. The largest absolute Gasteiger partial charge is 0.366 e. The Morgan fingerprint density at radius 2 is 1.84 bits per heavy atom. The third kappa shape index (κ3) is 2.12. The smallest absolute Gasteiger partial charge is 0.155 e. The molecule has 2 aromatic rings. The average molecular weight is 255 g/mol. The summed E-state index contributed by atoms with van der Waals surface area (Å²) < 4.78 is 13.6. The minimum Gasteiger partial charge on any atom is -0.366 e. The van der Waals surface area contributed by atoms with Crippen molar-refractivity contribution in [3.63, 3.8) is 0 Å². The highest BCUT2D eigenvalue weighted by Gasteiger charge is 2.19. The van der Waals surface area contributed by atoms with Crippen molar-refractivity contribution in [1.82, 2.24) is 0 Å². The molecular weight excluding hydrogens is 241 g/mol. The Labute approximate surface area is 111 Å². The predicted molar refractivity (Wildman–Crippen MR) is 73.0 cm³/mol. The number of aldehydes is 1. The van der Waals surface area contributed by atoms with Crippen LogP contribution in [0.1, 0.15) is 21.5 Å². The second-order valence-corrected chi connectivity index (χ2v) is 4.73. The van der Waals surface area contributed by atoms with Crippen LogP contribution in [0.25, 0.3) is 0 Å². The van der Waals surface area contributed by atoms with E-state index in [0.29, 0.717) is 12.0 Å². The highest BCUT2D eigenvalue weighted by Crippen LogP contribution is 2.27. The van der Waals surface area contributed by atoms with Gasteiger partial charge in [0, 0.05) is 13.1 Å². The quantitative estimate of drug-likeness (QED) is 0.768. The summed E-state index contributed by atoms with van der Waals surface area (Å²) >= 11 is 0. The molecule has 3 rings (SSSR count). The molecule has 96 valence electrons. The van der Waals surface area contributed by atoms with Crippen molar-refractivity contribution >= 4 is 12.0 Å². The van der Waals surface area contributed by atoms with E-state index in [9.17, 15) is 9.18 Å². The van der Waals surface area contributed by atoms with Gasteiger partial charge >= 0.3 is 0 Å². The lowest BCUT2D eigenvalue weighted by Gasteiger charge is -2.31. The van der Waals surface area contributed by atoms with E-state index in [4.69, 9.17) is 0 Å². The summed E-state index contributed by atoms with van der Waals surface area (Å²) in [6.07, 6.45) is 1.52. The van der Waals surface area contributed by atoms with Gasteiger partial charge in [-0.1, -0.05) is 30.3 Å². The van der Waals surface area contributed by atoms with Crippen LogP contribution in [-0.2, 0) is 13.0 Å². The van der Waals surface area contributed by atoms with E-state index >= 15 is 0 Å². The highest BCUT2D eigenvalue weighted by molar-refractivity contribution is 5.85. The topological polar surface area (TPSA) is 20.3 Å². The fourth-order valence-corrected chi connectivity index (χ4v) is 2.62. The number of rotatable bonds is 2. The van der Waals surface area contributed by atoms with Crippen molar-refractivity contribution in [1.29, 1.82) is 0 Å². The lowest BCUT2D eigenvalue weighted by molar-refractivity contribution is 0.112. The summed E-state index contributed by atoms with van der Waals surface area (Å²) in [5, 5.41) is 0. The molecule has 0 amide bonds. The maximum Gasteiger partial charge on any atom is 0.155 e. The van der Waals surface area contributed by atoms with Crippen molar-refractivity contribution in [3.8, 4) is 0 Å². The van der Waals surface area contributed by atoms with E-state index in [2.05, 4.69) is 17.0 Å². The first-order valence-electron chi connectivity index (χ1n) is 6.35. The molecule has 0 atom stereocenters. The molecule has 0 spiro atoms. The normalized spacial score (nSPS) is 14.1. The Kier molecular flexibility index (Phi) is 3.03. The van der Waals surface area contributed by atoms with Gasteiger partial charge in [-0.2, -0.15) is 0 Å². The van der Waals surface area contributed by atoms with E-state index in [1.165, 1.54) is 17.2 Å². The Morgan fingerprint density at radius 3 is 2.63 bits per heavy atom. The van der Waals surface area contributed by atoms with Crippen molar-refractivity contribution in [2.75, 3.05) is 11.4 Å². The van der Waals surface area contributed by atoms with Gasteiger partial charge in [-0.05, 0) is 29.7 Å². The van der Waals surface area contributed by atoms with Gasteiger partial charge in [-0.25, -0.2) is 4.39 Å². The molecule has 2 nitrogen and oxygen atoms in total. The van der Waals surface area contributed by atoms with Crippen LogP contribution >= 0.6 is 0 Å². The molecule has 3 heteroatoms. The Balaban J connectivity index is 1.98. The molecule has 19 heavy (non-hydrogen) atoms. The number of carbonyl (C=O) groups is 1.